The van der Waals surface area contributed by atoms with E-state index in [1.165, 1.54) is 11.8 Å². The van der Waals surface area contributed by atoms with Crippen LogP contribution in [0.1, 0.15) is 23.1 Å². The second kappa shape index (κ2) is 12.0. The first-order chi connectivity index (χ1) is 17.2. The minimum absolute atomic E-state index is 0.0383. The molecule has 0 fully saturated rings. The number of fused-ring (bicyclic) bond motifs is 1. The SMILES string of the molecule is CCO.O=C(CSc1nnc(COc2ccc3c(c2)OCO3)n1-c1ccccc1)c1ccccc1. The first-order valence-corrected chi connectivity index (χ1v) is 12.0. The van der Waals surface area contributed by atoms with Crippen molar-refractivity contribution in [1.82, 2.24) is 14.8 Å². The van der Waals surface area contributed by atoms with Crippen LogP contribution in [-0.2, 0) is 6.61 Å². The van der Waals surface area contributed by atoms with Crippen LogP contribution in [0.25, 0.3) is 5.69 Å². The van der Waals surface area contributed by atoms with Gasteiger partial charge in [-0.3, -0.25) is 9.36 Å². The number of rotatable bonds is 8. The summed E-state index contributed by atoms with van der Waals surface area (Å²) in [6.45, 7) is 2.35. The smallest absolute Gasteiger partial charge is 0.231 e. The largest absolute Gasteiger partial charge is 0.485 e. The zero-order valence-corrected chi connectivity index (χ0v) is 20.0. The fourth-order valence-electron chi connectivity index (χ4n) is 3.28. The second-order valence-electron chi connectivity index (χ2n) is 7.27. The Morgan fingerprint density at radius 1 is 1.00 bits per heavy atom. The average Bonchev–Trinajstić information content (AvgIpc) is 3.54. The van der Waals surface area contributed by atoms with Gasteiger partial charge in [-0.25, -0.2) is 0 Å². The number of ketones is 1. The number of hydrogen-bond donors (Lipinski definition) is 1. The Kier molecular flexibility index (Phi) is 8.37. The number of aliphatic hydroxyl groups is 1. The van der Waals surface area contributed by atoms with Crippen molar-refractivity contribution in [2.45, 2.75) is 18.7 Å². The van der Waals surface area contributed by atoms with Crippen molar-refractivity contribution in [3.63, 3.8) is 0 Å². The minimum Gasteiger partial charge on any atom is -0.485 e. The molecule has 0 saturated heterocycles. The van der Waals surface area contributed by atoms with Gasteiger partial charge in [0, 0.05) is 23.9 Å². The van der Waals surface area contributed by atoms with Crippen LogP contribution < -0.4 is 14.2 Å². The monoisotopic (exact) mass is 491 g/mol. The quantitative estimate of drug-likeness (QED) is 0.283. The van der Waals surface area contributed by atoms with E-state index in [1.807, 2.05) is 77.4 Å². The standard InChI is InChI=1S/C24H19N3O4S.C2H6O/c28-20(17-7-3-1-4-8-17)15-32-24-26-25-23(27(24)18-9-5-2-6-10-18)14-29-19-11-12-21-22(13-19)31-16-30-21;1-2-3/h1-13H,14-16H2;3H,2H2,1H3. The van der Waals surface area contributed by atoms with Gasteiger partial charge in [0.25, 0.3) is 0 Å². The molecule has 4 aromatic rings. The summed E-state index contributed by atoms with van der Waals surface area (Å²) in [7, 11) is 0. The first kappa shape index (κ1) is 24.3. The molecule has 0 spiro atoms. The third-order valence-corrected chi connectivity index (χ3v) is 5.78. The number of carbonyl (C=O) groups excluding carboxylic acids is 1. The Bertz CT molecular complexity index is 1250. The van der Waals surface area contributed by atoms with Crippen LogP contribution >= 0.6 is 11.8 Å². The number of ether oxygens (including phenoxy) is 3. The third kappa shape index (κ3) is 6.20. The van der Waals surface area contributed by atoms with Crippen LogP contribution in [0.4, 0.5) is 0 Å². The van der Waals surface area contributed by atoms with E-state index in [-0.39, 0.29) is 31.5 Å². The lowest BCUT2D eigenvalue weighted by atomic mass is 10.2. The highest BCUT2D eigenvalue weighted by atomic mass is 32.2. The molecular formula is C26H25N3O5S. The lowest BCUT2D eigenvalue weighted by molar-refractivity contribution is 0.102. The maximum atomic E-state index is 12.6. The summed E-state index contributed by atoms with van der Waals surface area (Å²) >= 11 is 1.35. The maximum absolute atomic E-state index is 12.6. The number of hydrogen-bond acceptors (Lipinski definition) is 8. The Labute approximate surface area is 207 Å². The van der Waals surface area contributed by atoms with Crippen LogP contribution in [0.15, 0.2) is 84.0 Å². The highest BCUT2D eigenvalue weighted by molar-refractivity contribution is 7.99. The zero-order chi connectivity index (χ0) is 24.5. The fourth-order valence-corrected chi connectivity index (χ4v) is 4.14. The Balaban J connectivity index is 0.000000917. The van der Waals surface area contributed by atoms with E-state index in [0.717, 1.165) is 5.69 Å². The summed E-state index contributed by atoms with van der Waals surface area (Å²) in [4.78, 5) is 12.6. The van der Waals surface area contributed by atoms with Gasteiger partial charge in [0.15, 0.2) is 28.3 Å². The number of aromatic nitrogens is 3. The molecule has 1 aliphatic heterocycles. The fraction of sp³-hybridized carbons (Fsp3) is 0.192. The molecule has 0 bridgehead atoms. The molecule has 3 aromatic carbocycles. The summed E-state index contributed by atoms with van der Waals surface area (Å²) < 4.78 is 18.6. The normalized spacial score (nSPS) is 11.5. The first-order valence-electron chi connectivity index (χ1n) is 11.0. The summed E-state index contributed by atoms with van der Waals surface area (Å²) in [6, 6.07) is 24.4. The molecule has 8 nitrogen and oxygen atoms in total. The minimum atomic E-state index is 0.0383. The second-order valence-corrected chi connectivity index (χ2v) is 8.21. The van der Waals surface area contributed by atoms with Crippen LogP contribution in [0, 0.1) is 0 Å². The van der Waals surface area contributed by atoms with Gasteiger partial charge in [-0.15, -0.1) is 10.2 Å². The molecule has 0 unspecified atom stereocenters. The predicted molar refractivity (Wildman–Crippen MR) is 133 cm³/mol. The van der Waals surface area contributed by atoms with Crippen molar-refractivity contribution in [2.75, 3.05) is 19.2 Å². The highest BCUT2D eigenvalue weighted by Crippen LogP contribution is 2.35. The molecule has 0 amide bonds. The molecule has 0 atom stereocenters. The lowest BCUT2D eigenvalue weighted by Crippen LogP contribution is -2.08. The van der Waals surface area contributed by atoms with Gasteiger partial charge in [0.2, 0.25) is 6.79 Å². The molecule has 2 heterocycles. The van der Waals surface area contributed by atoms with Crippen LogP contribution in [0.3, 0.4) is 0 Å². The number of nitrogens with zero attached hydrogens (tertiary/aromatic N) is 3. The van der Waals surface area contributed by atoms with Crippen molar-refractivity contribution in [1.29, 1.82) is 0 Å². The molecule has 0 aliphatic carbocycles. The zero-order valence-electron chi connectivity index (χ0n) is 19.2. The predicted octanol–water partition coefficient (Wildman–Crippen LogP) is 4.55. The average molecular weight is 492 g/mol. The molecule has 1 aromatic heterocycles. The van der Waals surface area contributed by atoms with E-state index >= 15 is 0 Å². The van der Waals surface area contributed by atoms with Crippen LogP contribution in [-0.4, -0.2) is 44.8 Å². The van der Waals surface area contributed by atoms with Gasteiger partial charge in [-0.2, -0.15) is 0 Å². The van der Waals surface area contributed by atoms with Crippen LogP contribution in [0.2, 0.25) is 0 Å². The Morgan fingerprint density at radius 2 is 1.69 bits per heavy atom. The Hall–Kier alpha value is -3.82. The summed E-state index contributed by atoms with van der Waals surface area (Å²) in [5.41, 5.74) is 1.58. The summed E-state index contributed by atoms with van der Waals surface area (Å²) in [6.07, 6.45) is 0. The topological polar surface area (TPSA) is 95.7 Å². The van der Waals surface area contributed by atoms with Gasteiger partial charge in [0.1, 0.15) is 12.4 Å². The molecule has 35 heavy (non-hydrogen) atoms. The van der Waals surface area contributed by atoms with E-state index in [0.29, 0.717) is 33.8 Å². The number of thioether (sulfide) groups is 1. The van der Waals surface area contributed by atoms with Crippen molar-refractivity contribution >= 4 is 17.5 Å². The number of carbonyl (C=O) groups is 1. The highest BCUT2D eigenvalue weighted by Gasteiger charge is 2.18. The molecule has 1 aliphatic rings. The van der Waals surface area contributed by atoms with E-state index in [2.05, 4.69) is 10.2 Å². The van der Waals surface area contributed by atoms with Gasteiger partial charge < -0.3 is 19.3 Å². The number of benzene rings is 3. The van der Waals surface area contributed by atoms with Gasteiger partial charge >= 0.3 is 0 Å². The van der Waals surface area contributed by atoms with Gasteiger partial charge in [-0.1, -0.05) is 60.3 Å². The lowest BCUT2D eigenvalue weighted by Gasteiger charge is -2.11. The van der Waals surface area contributed by atoms with Gasteiger partial charge in [-0.05, 0) is 31.2 Å². The van der Waals surface area contributed by atoms with Crippen molar-refractivity contribution < 1.29 is 24.1 Å². The molecule has 1 N–H and O–H groups in total. The molecule has 0 radical (unpaired) electrons. The maximum Gasteiger partial charge on any atom is 0.231 e. The van der Waals surface area contributed by atoms with E-state index in [4.69, 9.17) is 19.3 Å². The van der Waals surface area contributed by atoms with E-state index in [9.17, 15) is 4.79 Å². The summed E-state index contributed by atoms with van der Waals surface area (Å²) in [5, 5.41) is 16.9. The molecule has 5 rings (SSSR count). The molecule has 0 saturated carbocycles. The van der Waals surface area contributed by atoms with Crippen LogP contribution in [0.5, 0.6) is 17.2 Å². The van der Waals surface area contributed by atoms with Crippen molar-refractivity contribution in [3.05, 3.63) is 90.3 Å². The molecule has 180 valence electrons. The summed E-state index contributed by atoms with van der Waals surface area (Å²) in [5.74, 6) is 2.93. The van der Waals surface area contributed by atoms with Crippen molar-refractivity contribution in [2.24, 2.45) is 0 Å². The molecular weight excluding hydrogens is 466 g/mol. The number of para-hydroxylation sites is 1. The number of Topliss-reactive ketones (excluding diaryl/α,β-unsaturated/α-hetero) is 1. The Morgan fingerprint density at radius 3 is 2.43 bits per heavy atom. The molecule has 9 heteroatoms. The third-order valence-electron chi connectivity index (χ3n) is 4.85. The number of aliphatic hydroxyl groups excluding tert-OH is 1. The van der Waals surface area contributed by atoms with Gasteiger partial charge in [0.05, 0.1) is 5.75 Å². The van der Waals surface area contributed by atoms with E-state index < -0.39 is 0 Å². The van der Waals surface area contributed by atoms with Crippen molar-refractivity contribution in [3.8, 4) is 22.9 Å². The van der Waals surface area contributed by atoms with E-state index in [1.54, 1.807) is 13.0 Å².